The highest BCUT2D eigenvalue weighted by atomic mass is 32.1. The number of piperidine rings is 1. The molecule has 0 saturated carbocycles. The van der Waals surface area contributed by atoms with Gasteiger partial charge in [-0.1, -0.05) is 6.42 Å². The number of carbonyl (C=O) groups is 1. The molecule has 0 amide bonds. The maximum Gasteiger partial charge on any atom is 0.320 e. The van der Waals surface area contributed by atoms with Crippen molar-refractivity contribution in [1.29, 1.82) is 0 Å². The third-order valence-corrected chi connectivity index (χ3v) is 2.06. The van der Waals surface area contributed by atoms with Crippen LogP contribution in [0.3, 0.4) is 0 Å². The zero-order chi connectivity index (χ0) is 7.56. The number of nitrogens with zero attached hydrogens (tertiary/aromatic N) is 1. The first kappa shape index (κ1) is 10.8. The lowest BCUT2D eigenvalue weighted by atomic mass is 10.0. The lowest BCUT2D eigenvalue weighted by molar-refractivity contribution is -0.143. The number of hydrogen-bond donors (Lipinski definition) is 1. The van der Waals surface area contributed by atoms with Gasteiger partial charge in [0.05, 0.1) is 0 Å². The Morgan fingerprint density at radius 3 is 2.55 bits per heavy atom. The monoisotopic (exact) mass is 177 g/mol. The predicted molar refractivity (Wildman–Crippen MR) is 48.3 cm³/mol. The molecular formula is C7H15NO2S. The van der Waals surface area contributed by atoms with E-state index in [1.165, 1.54) is 0 Å². The summed E-state index contributed by atoms with van der Waals surface area (Å²) in [5.74, 6) is -0.679. The van der Waals surface area contributed by atoms with Crippen molar-refractivity contribution in [3.63, 3.8) is 0 Å². The molecule has 1 aliphatic rings. The van der Waals surface area contributed by atoms with E-state index in [1.54, 1.807) is 0 Å². The van der Waals surface area contributed by atoms with E-state index < -0.39 is 5.97 Å². The van der Waals surface area contributed by atoms with Gasteiger partial charge in [0.1, 0.15) is 6.04 Å². The van der Waals surface area contributed by atoms with Gasteiger partial charge < -0.3 is 5.11 Å². The number of carboxylic acid groups (broad SMARTS) is 1. The summed E-state index contributed by atoms with van der Waals surface area (Å²) in [6.07, 6.45) is 3.01. The average molecular weight is 177 g/mol. The van der Waals surface area contributed by atoms with Crippen LogP contribution >= 0.6 is 13.5 Å². The van der Waals surface area contributed by atoms with Crippen molar-refractivity contribution in [2.45, 2.75) is 25.3 Å². The Morgan fingerprint density at radius 2 is 2.18 bits per heavy atom. The van der Waals surface area contributed by atoms with Crippen molar-refractivity contribution in [2.24, 2.45) is 0 Å². The Kier molecular flexibility index (Phi) is 4.52. The van der Waals surface area contributed by atoms with E-state index in [4.69, 9.17) is 5.11 Å². The van der Waals surface area contributed by atoms with Crippen LogP contribution < -0.4 is 0 Å². The Hall–Kier alpha value is -0.220. The van der Waals surface area contributed by atoms with Gasteiger partial charge in [-0.3, -0.25) is 9.69 Å². The summed E-state index contributed by atoms with van der Waals surface area (Å²) < 4.78 is 0. The highest BCUT2D eigenvalue weighted by molar-refractivity contribution is 7.59. The molecule has 0 bridgehead atoms. The van der Waals surface area contributed by atoms with E-state index in [0.717, 1.165) is 25.8 Å². The maximum atomic E-state index is 10.5. The van der Waals surface area contributed by atoms with Crippen molar-refractivity contribution in [3.8, 4) is 0 Å². The lowest BCUT2D eigenvalue weighted by Gasteiger charge is -2.28. The fourth-order valence-electron chi connectivity index (χ4n) is 1.39. The largest absolute Gasteiger partial charge is 0.480 e. The molecule has 0 unspecified atom stereocenters. The lowest BCUT2D eigenvalue weighted by Crippen LogP contribution is -2.41. The Bertz CT molecular complexity index is 140. The average Bonchev–Trinajstić information content (AvgIpc) is 1.88. The molecule has 1 saturated heterocycles. The van der Waals surface area contributed by atoms with Crippen molar-refractivity contribution in [2.75, 3.05) is 13.6 Å². The minimum absolute atomic E-state index is 0. The zero-order valence-electron chi connectivity index (χ0n) is 6.71. The fraction of sp³-hybridized carbons (Fsp3) is 0.857. The van der Waals surface area contributed by atoms with Gasteiger partial charge in [0.25, 0.3) is 0 Å². The molecule has 0 radical (unpaired) electrons. The Morgan fingerprint density at radius 1 is 1.55 bits per heavy atom. The highest BCUT2D eigenvalue weighted by Crippen LogP contribution is 2.14. The summed E-state index contributed by atoms with van der Waals surface area (Å²) in [7, 11) is 1.87. The number of likely N-dealkylation sites (tertiary alicyclic amines) is 1. The molecule has 1 fully saturated rings. The van der Waals surface area contributed by atoms with Crippen molar-refractivity contribution < 1.29 is 9.90 Å². The molecule has 0 aromatic carbocycles. The molecule has 1 atom stereocenters. The number of carboxylic acids is 1. The summed E-state index contributed by atoms with van der Waals surface area (Å²) in [4.78, 5) is 12.4. The molecule has 0 spiro atoms. The minimum Gasteiger partial charge on any atom is -0.480 e. The van der Waals surface area contributed by atoms with Crippen molar-refractivity contribution in [3.05, 3.63) is 0 Å². The van der Waals surface area contributed by atoms with Gasteiger partial charge in [-0.25, -0.2) is 0 Å². The van der Waals surface area contributed by atoms with Crippen LogP contribution in [0.1, 0.15) is 19.3 Å². The summed E-state index contributed by atoms with van der Waals surface area (Å²) >= 11 is 0. The van der Waals surface area contributed by atoms with Gasteiger partial charge in [-0.15, -0.1) is 0 Å². The van der Waals surface area contributed by atoms with Crippen LogP contribution in [-0.4, -0.2) is 35.6 Å². The van der Waals surface area contributed by atoms with Crippen LogP contribution in [-0.2, 0) is 4.79 Å². The Balaban J connectivity index is 0.000001000. The summed E-state index contributed by atoms with van der Waals surface area (Å²) in [6.45, 7) is 0.928. The van der Waals surface area contributed by atoms with Gasteiger partial charge in [-0.2, -0.15) is 13.5 Å². The van der Waals surface area contributed by atoms with E-state index in [-0.39, 0.29) is 19.5 Å². The highest BCUT2D eigenvalue weighted by Gasteiger charge is 2.24. The molecular weight excluding hydrogens is 162 g/mol. The molecule has 1 rings (SSSR count). The molecule has 11 heavy (non-hydrogen) atoms. The molecule has 0 aliphatic carbocycles. The van der Waals surface area contributed by atoms with Gasteiger partial charge in [0.15, 0.2) is 0 Å². The first-order valence-corrected chi connectivity index (χ1v) is 3.65. The molecule has 0 aromatic rings. The number of likely N-dealkylation sites (N-methyl/N-ethyl adjacent to an activating group) is 1. The van der Waals surface area contributed by atoms with Crippen LogP contribution in [0.15, 0.2) is 0 Å². The maximum absolute atomic E-state index is 10.5. The second-order valence-corrected chi connectivity index (χ2v) is 2.83. The molecule has 1 N–H and O–H groups in total. The molecule has 0 aromatic heterocycles. The van der Waals surface area contributed by atoms with Crippen LogP contribution in [0.2, 0.25) is 0 Å². The van der Waals surface area contributed by atoms with Gasteiger partial charge in [0.2, 0.25) is 0 Å². The van der Waals surface area contributed by atoms with Gasteiger partial charge in [0, 0.05) is 0 Å². The quantitative estimate of drug-likeness (QED) is 0.640. The third-order valence-electron chi connectivity index (χ3n) is 2.06. The number of rotatable bonds is 1. The van der Waals surface area contributed by atoms with E-state index in [2.05, 4.69) is 0 Å². The normalized spacial score (nSPS) is 25.7. The van der Waals surface area contributed by atoms with E-state index in [9.17, 15) is 4.79 Å². The molecule has 3 nitrogen and oxygen atoms in total. The van der Waals surface area contributed by atoms with Crippen LogP contribution in [0, 0.1) is 0 Å². The van der Waals surface area contributed by atoms with Crippen LogP contribution in [0.25, 0.3) is 0 Å². The molecule has 4 heteroatoms. The van der Waals surface area contributed by atoms with Gasteiger partial charge in [-0.05, 0) is 26.4 Å². The number of hydrogen-bond acceptors (Lipinski definition) is 2. The second-order valence-electron chi connectivity index (χ2n) is 2.83. The topological polar surface area (TPSA) is 40.5 Å². The Labute approximate surface area is 73.8 Å². The van der Waals surface area contributed by atoms with E-state index in [0.29, 0.717) is 0 Å². The third kappa shape index (κ3) is 2.71. The zero-order valence-corrected chi connectivity index (χ0v) is 7.71. The smallest absolute Gasteiger partial charge is 0.320 e. The molecule has 1 heterocycles. The van der Waals surface area contributed by atoms with E-state index in [1.807, 2.05) is 11.9 Å². The van der Waals surface area contributed by atoms with Crippen molar-refractivity contribution in [1.82, 2.24) is 4.90 Å². The number of aliphatic carboxylic acids is 1. The van der Waals surface area contributed by atoms with Gasteiger partial charge >= 0.3 is 5.97 Å². The summed E-state index contributed by atoms with van der Waals surface area (Å²) in [5, 5.41) is 8.67. The van der Waals surface area contributed by atoms with E-state index >= 15 is 0 Å². The van der Waals surface area contributed by atoms with Crippen LogP contribution in [0.4, 0.5) is 0 Å². The summed E-state index contributed by atoms with van der Waals surface area (Å²) in [6, 6.07) is -0.228. The fourth-order valence-corrected chi connectivity index (χ4v) is 1.39. The standard InChI is InChI=1S/C7H13NO2.H2S/c1-8-5-3-2-4-6(8)7(9)10;/h6H,2-5H2,1H3,(H,9,10);1H2/t6-;/m0./s1. The minimum atomic E-state index is -0.679. The first-order valence-electron chi connectivity index (χ1n) is 3.65. The summed E-state index contributed by atoms with van der Waals surface area (Å²) in [5.41, 5.74) is 0. The van der Waals surface area contributed by atoms with Crippen LogP contribution in [0.5, 0.6) is 0 Å². The second kappa shape index (κ2) is 4.62. The predicted octanol–water partition coefficient (Wildman–Crippen LogP) is 0.668. The first-order chi connectivity index (χ1) is 4.72. The van der Waals surface area contributed by atoms with Crippen molar-refractivity contribution >= 4 is 19.5 Å². The molecule has 1 aliphatic heterocycles. The SMILES string of the molecule is CN1CCCC[C@H]1C(=O)O.S. The molecule has 66 valence electrons.